The third-order valence-electron chi connectivity index (χ3n) is 6.29. The van der Waals surface area contributed by atoms with Gasteiger partial charge in [0.1, 0.15) is 11.8 Å². The molecule has 0 amide bonds. The molecule has 2 heterocycles. The Labute approximate surface area is 180 Å². The first-order valence-corrected chi connectivity index (χ1v) is 10.3. The molecule has 2 aliphatic rings. The number of methoxy groups -OCH3 is 1. The number of nitrogens with one attached hydrogen (secondary N) is 1. The van der Waals surface area contributed by atoms with Crippen LogP contribution in [0.5, 0.6) is 5.75 Å². The number of aliphatic hydroxyl groups excluding tert-OH is 1. The maximum atomic E-state index is 12.9. The molecule has 7 nitrogen and oxygen atoms in total. The van der Waals surface area contributed by atoms with Crippen LogP contribution in [-0.4, -0.2) is 39.6 Å². The van der Waals surface area contributed by atoms with Gasteiger partial charge in [-0.2, -0.15) is 5.10 Å². The quantitative estimate of drug-likeness (QED) is 0.508. The van der Waals surface area contributed by atoms with E-state index in [9.17, 15) is 15.0 Å². The largest absolute Gasteiger partial charge is 0.475 e. The van der Waals surface area contributed by atoms with Crippen molar-refractivity contribution in [3.05, 3.63) is 82.1 Å². The van der Waals surface area contributed by atoms with Gasteiger partial charge in [-0.05, 0) is 23.3 Å². The van der Waals surface area contributed by atoms with Gasteiger partial charge >= 0.3 is 5.97 Å². The number of carbonyl (C=O) groups excluding carboxylic acids is 1. The first-order chi connectivity index (χ1) is 14.4. The van der Waals surface area contributed by atoms with Gasteiger partial charge in [-0.25, -0.2) is 0 Å². The highest BCUT2D eigenvalue weighted by Gasteiger charge is 2.78. The Morgan fingerprint density at radius 3 is 2.57 bits per heavy atom. The molecular weight excluding hydrogens is 452 g/mol. The standard InChI is InChI=1S/C22H19BrN2O5/c1-29-20(27)16-17(12-5-3-2-4-6-12)22(13-7-9-14(23)10-8-13)21(28,19(16)26)18-15(30-22)11-24-25-18/h2-11,16-17,19,26,28H,1H3,(H,24,25)/t16-,17-,19-,21+,22+/m1/s1. The number of fused-ring (bicyclic) bond motifs is 3. The van der Waals surface area contributed by atoms with E-state index in [0.29, 0.717) is 11.3 Å². The van der Waals surface area contributed by atoms with Crippen LogP contribution in [0.3, 0.4) is 0 Å². The highest BCUT2D eigenvalue weighted by atomic mass is 79.9. The fraction of sp³-hybridized carbons (Fsp3) is 0.273. The van der Waals surface area contributed by atoms with Crippen molar-refractivity contribution in [2.75, 3.05) is 7.11 Å². The lowest BCUT2D eigenvalue weighted by molar-refractivity contribution is -0.162. The molecule has 2 aromatic carbocycles. The first-order valence-electron chi connectivity index (χ1n) is 9.47. The zero-order chi connectivity index (χ0) is 21.1. The first kappa shape index (κ1) is 19.3. The molecule has 8 heteroatoms. The zero-order valence-electron chi connectivity index (χ0n) is 15.9. The molecule has 0 bridgehead atoms. The van der Waals surface area contributed by atoms with Gasteiger partial charge in [0.25, 0.3) is 0 Å². The fourth-order valence-electron chi connectivity index (χ4n) is 5.09. The molecule has 1 aliphatic heterocycles. The number of esters is 1. The maximum absolute atomic E-state index is 12.9. The molecule has 0 radical (unpaired) electrons. The summed E-state index contributed by atoms with van der Waals surface area (Å²) in [4.78, 5) is 12.9. The Bertz CT molecular complexity index is 1100. The van der Waals surface area contributed by atoms with Crippen LogP contribution >= 0.6 is 15.9 Å². The lowest BCUT2D eigenvalue weighted by atomic mass is 9.71. The molecule has 30 heavy (non-hydrogen) atoms. The number of rotatable bonds is 3. The molecule has 154 valence electrons. The Kier molecular flexibility index (Phi) is 4.29. The number of aliphatic hydroxyl groups is 2. The van der Waals surface area contributed by atoms with Crippen molar-refractivity contribution in [2.45, 2.75) is 23.2 Å². The minimum absolute atomic E-state index is 0.241. The molecule has 1 aliphatic carbocycles. The van der Waals surface area contributed by atoms with Crippen molar-refractivity contribution in [2.24, 2.45) is 5.92 Å². The second-order valence-electron chi connectivity index (χ2n) is 7.60. The Morgan fingerprint density at radius 2 is 1.90 bits per heavy atom. The summed E-state index contributed by atoms with van der Waals surface area (Å²) in [6.07, 6.45) is -0.0331. The summed E-state index contributed by atoms with van der Waals surface area (Å²) in [5.74, 6) is -2.08. The van der Waals surface area contributed by atoms with Crippen molar-refractivity contribution >= 4 is 21.9 Å². The highest BCUT2D eigenvalue weighted by Crippen LogP contribution is 2.68. The van der Waals surface area contributed by atoms with Crippen LogP contribution in [0.4, 0.5) is 0 Å². The van der Waals surface area contributed by atoms with E-state index >= 15 is 0 Å². The molecule has 5 rings (SSSR count). The average molecular weight is 471 g/mol. The molecule has 0 unspecified atom stereocenters. The number of ether oxygens (including phenoxy) is 2. The normalized spacial score (nSPS) is 31.7. The third-order valence-corrected chi connectivity index (χ3v) is 6.82. The van der Waals surface area contributed by atoms with Gasteiger partial charge in [0.2, 0.25) is 0 Å². The molecular formula is C22H19BrN2O5. The second kappa shape index (κ2) is 6.66. The smallest absolute Gasteiger partial charge is 0.312 e. The van der Waals surface area contributed by atoms with Crippen molar-refractivity contribution in [1.82, 2.24) is 10.2 Å². The number of aromatic nitrogens is 2. The summed E-state index contributed by atoms with van der Waals surface area (Å²) in [5, 5.41) is 30.2. The Morgan fingerprint density at radius 1 is 1.20 bits per heavy atom. The van der Waals surface area contributed by atoms with E-state index in [-0.39, 0.29) is 5.69 Å². The van der Waals surface area contributed by atoms with Gasteiger partial charge in [-0.3, -0.25) is 9.89 Å². The molecule has 5 atom stereocenters. The average Bonchev–Trinajstić information content (AvgIpc) is 3.37. The van der Waals surface area contributed by atoms with Gasteiger partial charge in [-0.15, -0.1) is 0 Å². The van der Waals surface area contributed by atoms with Gasteiger partial charge in [0.15, 0.2) is 17.0 Å². The second-order valence-corrected chi connectivity index (χ2v) is 8.52. The predicted octanol–water partition coefficient (Wildman–Crippen LogP) is 2.60. The molecule has 3 aromatic rings. The van der Waals surface area contributed by atoms with Crippen LogP contribution in [0.25, 0.3) is 0 Å². The van der Waals surface area contributed by atoms with Gasteiger partial charge in [-0.1, -0.05) is 58.4 Å². The topological polar surface area (TPSA) is 105 Å². The van der Waals surface area contributed by atoms with E-state index in [1.807, 2.05) is 54.6 Å². The van der Waals surface area contributed by atoms with Crippen LogP contribution in [0.1, 0.15) is 22.7 Å². The van der Waals surface area contributed by atoms with E-state index in [0.717, 1.165) is 10.0 Å². The van der Waals surface area contributed by atoms with Crippen LogP contribution in [0.15, 0.2) is 65.3 Å². The molecule has 0 spiro atoms. The number of hydrogen-bond donors (Lipinski definition) is 3. The van der Waals surface area contributed by atoms with Gasteiger partial charge in [0.05, 0.1) is 19.2 Å². The Balaban J connectivity index is 1.85. The lowest BCUT2D eigenvalue weighted by Crippen LogP contribution is -2.52. The fourth-order valence-corrected chi connectivity index (χ4v) is 5.35. The summed E-state index contributed by atoms with van der Waals surface area (Å²) < 4.78 is 12.3. The number of benzene rings is 2. The molecule has 1 saturated carbocycles. The Hall–Kier alpha value is -2.68. The monoisotopic (exact) mass is 470 g/mol. The predicted molar refractivity (Wildman–Crippen MR) is 110 cm³/mol. The number of halogens is 1. The van der Waals surface area contributed by atoms with Crippen molar-refractivity contribution in [3.8, 4) is 5.75 Å². The molecule has 1 fully saturated rings. The van der Waals surface area contributed by atoms with E-state index in [1.165, 1.54) is 13.3 Å². The zero-order valence-corrected chi connectivity index (χ0v) is 17.5. The van der Waals surface area contributed by atoms with Gasteiger partial charge in [0, 0.05) is 10.4 Å². The summed E-state index contributed by atoms with van der Waals surface area (Å²) in [7, 11) is 1.27. The van der Waals surface area contributed by atoms with Crippen molar-refractivity contribution in [1.29, 1.82) is 0 Å². The number of hydrogen-bond acceptors (Lipinski definition) is 6. The van der Waals surface area contributed by atoms with E-state index < -0.39 is 35.1 Å². The van der Waals surface area contributed by atoms with Crippen LogP contribution in [0, 0.1) is 5.92 Å². The molecule has 0 saturated heterocycles. The summed E-state index contributed by atoms with van der Waals surface area (Å²) in [6.45, 7) is 0. The number of nitrogens with zero attached hydrogens (tertiary/aromatic N) is 1. The number of aromatic amines is 1. The van der Waals surface area contributed by atoms with Crippen LogP contribution < -0.4 is 4.74 Å². The minimum Gasteiger partial charge on any atom is -0.475 e. The van der Waals surface area contributed by atoms with Crippen LogP contribution in [-0.2, 0) is 20.7 Å². The lowest BCUT2D eigenvalue weighted by Gasteiger charge is -2.40. The highest BCUT2D eigenvalue weighted by molar-refractivity contribution is 9.10. The summed E-state index contributed by atoms with van der Waals surface area (Å²) >= 11 is 3.43. The molecule has 3 N–H and O–H groups in total. The molecule has 1 aromatic heterocycles. The van der Waals surface area contributed by atoms with Crippen LogP contribution in [0.2, 0.25) is 0 Å². The summed E-state index contributed by atoms with van der Waals surface area (Å²) in [5.41, 5.74) is -1.82. The number of carbonyl (C=O) groups is 1. The number of H-pyrrole nitrogens is 1. The minimum atomic E-state index is -1.95. The van der Waals surface area contributed by atoms with Crippen molar-refractivity contribution in [3.63, 3.8) is 0 Å². The third kappa shape index (κ3) is 2.26. The van der Waals surface area contributed by atoms with Gasteiger partial charge < -0.3 is 19.7 Å². The van der Waals surface area contributed by atoms with Crippen molar-refractivity contribution < 1.29 is 24.5 Å². The van der Waals surface area contributed by atoms with E-state index in [1.54, 1.807) is 0 Å². The van der Waals surface area contributed by atoms with E-state index in [4.69, 9.17) is 9.47 Å². The SMILES string of the molecule is COC(=O)[C@H]1[C@@H](O)[C@@]2(O)c3[nH]ncc3O[C@@]2(c2ccc(Br)cc2)[C@@H]1c1ccccc1. The van der Waals surface area contributed by atoms with E-state index in [2.05, 4.69) is 26.1 Å². The maximum Gasteiger partial charge on any atom is 0.312 e. The summed E-state index contributed by atoms with van der Waals surface area (Å²) in [6, 6.07) is 16.6.